The highest BCUT2D eigenvalue weighted by Gasteiger charge is 2.37. The number of hydrogen-bond donors (Lipinski definition) is 0. The fourth-order valence-electron chi connectivity index (χ4n) is 3.12. The minimum atomic E-state index is -4.52. The van der Waals surface area contributed by atoms with Crippen LogP contribution in [0.5, 0.6) is 5.75 Å². The minimum absolute atomic E-state index is 0.0341. The Morgan fingerprint density at radius 1 is 1.21 bits per heavy atom. The average molecular weight is 422 g/mol. The van der Waals surface area contributed by atoms with Crippen molar-refractivity contribution in [1.29, 1.82) is 0 Å². The molecule has 3 aromatic rings. The van der Waals surface area contributed by atoms with Crippen molar-refractivity contribution in [2.45, 2.75) is 31.5 Å². The van der Waals surface area contributed by atoms with Crippen molar-refractivity contribution < 1.29 is 27.2 Å². The van der Waals surface area contributed by atoms with E-state index in [9.17, 15) is 18.0 Å². The first-order valence-corrected chi connectivity index (χ1v) is 9.29. The summed E-state index contributed by atoms with van der Waals surface area (Å²) >= 11 is 6.01. The molecule has 0 aliphatic heterocycles. The van der Waals surface area contributed by atoms with Crippen molar-refractivity contribution in [1.82, 2.24) is 5.16 Å². The third-order valence-electron chi connectivity index (χ3n) is 4.74. The zero-order valence-electron chi connectivity index (χ0n) is 15.0. The monoisotopic (exact) mass is 421 g/mol. The lowest BCUT2D eigenvalue weighted by atomic mass is 9.99. The highest BCUT2D eigenvalue weighted by molar-refractivity contribution is 6.33. The van der Waals surface area contributed by atoms with E-state index < -0.39 is 11.7 Å². The molecular weight excluding hydrogens is 407 g/mol. The molecule has 4 rings (SSSR count). The van der Waals surface area contributed by atoms with Crippen LogP contribution in [-0.4, -0.2) is 11.4 Å². The van der Waals surface area contributed by atoms with Crippen molar-refractivity contribution in [3.63, 3.8) is 0 Å². The third kappa shape index (κ3) is 4.00. The number of halogens is 4. The lowest BCUT2D eigenvalue weighted by molar-refractivity contribution is -0.137. The number of rotatable bonds is 6. The number of nitrogens with zero attached hydrogens (tertiary/aromatic N) is 1. The lowest BCUT2D eigenvalue weighted by Crippen LogP contribution is -2.08. The van der Waals surface area contributed by atoms with Crippen LogP contribution in [0, 0.1) is 0 Å². The summed E-state index contributed by atoms with van der Waals surface area (Å²) in [6.45, 7) is -0.0341. The predicted octanol–water partition coefficient (Wildman–Crippen LogP) is 6.28. The average Bonchev–Trinajstić information content (AvgIpc) is 3.45. The van der Waals surface area contributed by atoms with Crippen LogP contribution in [0.25, 0.3) is 11.3 Å². The van der Waals surface area contributed by atoms with Gasteiger partial charge in [-0.15, -0.1) is 0 Å². The van der Waals surface area contributed by atoms with Crippen molar-refractivity contribution in [3.05, 3.63) is 69.9 Å². The van der Waals surface area contributed by atoms with E-state index in [2.05, 4.69) is 5.16 Å². The fourth-order valence-corrected chi connectivity index (χ4v) is 3.34. The van der Waals surface area contributed by atoms with E-state index >= 15 is 0 Å². The van der Waals surface area contributed by atoms with Gasteiger partial charge >= 0.3 is 6.18 Å². The topological polar surface area (TPSA) is 52.3 Å². The Kier molecular flexibility index (Phi) is 5.08. The summed E-state index contributed by atoms with van der Waals surface area (Å²) in [5.74, 6) is 1.07. The number of carbonyl (C=O) groups excluding carboxylic acids is 1. The molecule has 1 aliphatic carbocycles. The van der Waals surface area contributed by atoms with Crippen LogP contribution in [-0.2, 0) is 12.8 Å². The van der Waals surface area contributed by atoms with Crippen LogP contribution in [0.15, 0.2) is 47.0 Å². The lowest BCUT2D eigenvalue weighted by Gasteiger charge is -2.13. The Labute approximate surface area is 169 Å². The molecule has 0 unspecified atom stereocenters. The Morgan fingerprint density at radius 2 is 1.97 bits per heavy atom. The maximum Gasteiger partial charge on any atom is 0.417 e. The Balaban J connectivity index is 1.70. The standard InChI is InChI=1S/C21H15ClF3NO3/c22-18-9-14(8-7-13(18)10-27)28-11-16-19(26-29-20(16)12-5-6-12)15-3-1-2-4-17(15)21(23,24)25/h1-4,7-10,12H,5-6,11H2. The van der Waals surface area contributed by atoms with Crippen molar-refractivity contribution in [2.75, 3.05) is 0 Å². The molecule has 0 atom stereocenters. The molecule has 1 heterocycles. The molecule has 0 spiro atoms. The van der Waals surface area contributed by atoms with Gasteiger partial charge in [-0.05, 0) is 37.1 Å². The summed E-state index contributed by atoms with van der Waals surface area (Å²) in [6.07, 6.45) is -2.11. The van der Waals surface area contributed by atoms with E-state index in [1.165, 1.54) is 30.3 Å². The van der Waals surface area contributed by atoms with Crippen LogP contribution < -0.4 is 4.74 Å². The van der Waals surface area contributed by atoms with E-state index in [1.54, 1.807) is 6.07 Å². The number of benzene rings is 2. The highest BCUT2D eigenvalue weighted by Crippen LogP contribution is 2.46. The van der Waals surface area contributed by atoms with Crippen LogP contribution in [0.1, 0.15) is 46.0 Å². The number of aromatic nitrogens is 1. The maximum atomic E-state index is 13.5. The van der Waals surface area contributed by atoms with E-state index in [0.29, 0.717) is 28.9 Å². The van der Waals surface area contributed by atoms with Gasteiger partial charge in [0.25, 0.3) is 0 Å². The van der Waals surface area contributed by atoms with Gasteiger partial charge in [-0.2, -0.15) is 13.2 Å². The molecule has 29 heavy (non-hydrogen) atoms. The smallest absolute Gasteiger partial charge is 0.417 e. The second-order valence-electron chi connectivity index (χ2n) is 6.78. The van der Waals surface area contributed by atoms with Gasteiger partial charge in [-0.1, -0.05) is 35.0 Å². The first-order valence-electron chi connectivity index (χ1n) is 8.91. The number of carbonyl (C=O) groups is 1. The molecule has 1 saturated carbocycles. The second-order valence-corrected chi connectivity index (χ2v) is 7.19. The Morgan fingerprint density at radius 3 is 2.62 bits per heavy atom. The maximum absolute atomic E-state index is 13.5. The van der Waals surface area contributed by atoms with Crippen LogP contribution >= 0.6 is 11.6 Å². The molecular formula is C21H15ClF3NO3. The Bertz CT molecular complexity index is 1060. The number of ether oxygens (including phenoxy) is 1. The molecule has 4 nitrogen and oxygen atoms in total. The van der Waals surface area contributed by atoms with Crippen molar-refractivity contribution in [3.8, 4) is 17.0 Å². The van der Waals surface area contributed by atoms with Crippen molar-refractivity contribution >= 4 is 17.9 Å². The van der Waals surface area contributed by atoms with E-state index in [0.717, 1.165) is 18.9 Å². The third-order valence-corrected chi connectivity index (χ3v) is 5.06. The first kappa shape index (κ1) is 19.5. The second kappa shape index (κ2) is 7.55. The predicted molar refractivity (Wildman–Crippen MR) is 100 cm³/mol. The van der Waals surface area contributed by atoms with E-state index in [1.807, 2.05) is 0 Å². The van der Waals surface area contributed by atoms with Crippen LogP contribution in [0.4, 0.5) is 13.2 Å². The van der Waals surface area contributed by atoms with Gasteiger partial charge in [0, 0.05) is 17.0 Å². The number of hydrogen-bond acceptors (Lipinski definition) is 4. The summed E-state index contributed by atoms with van der Waals surface area (Å²) in [5.41, 5.74) is 0.0940. The molecule has 1 aromatic heterocycles. The summed E-state index contributed by atoms with van der Waals surface area (Å²) in [7, 11) is 0. The van der Waals surface area contributed by atoms with Crippen LogP contribution in [0.2, 0.25) is 5.02 Å². The Hall–Kier alpha value is -2.80. The highest BCUT2D eigenvalue weighted by atomic mass is 35.5. The summed E-state index contributed by atoms with van der Waals surface area (Å²) < 4.78 is 51.6. The van der Waals surface area contributed by atoms with Gasteiger partial charge in [-0.25, -0.2) is 0 Å². The molecule has 0 bridgehead atoms. The summed E-state index contributed by atoms with van der Waals surface area (Å²) in [5, 5.41) is 4.18. The zero-order chi connectivity index (χ0) is 20.6. The van der Waals surface area contributed by atoms with Gasteiger partial charge < -0.3 is 9.26 Å². The fraction of sp³-hybridized carbons (Fsp3) is 0.238. The van der Waals surface area contributed by atoms with Gasteiger partial charge in [0.15, 0.2) is 6.29 Å². The zero-order valence-corrected chi connectivity index (χ0v) is 15.8. The molecule has 0 N–H and O–H groups in total. The van der Waals surface area contributed by atoms with Crippen molar-refractivity contribution in [2.24, 2.45) is 0 Å². The SMILES string of the molecule is O=Cc1ccc(OCc2c(-c3ccccc3C(F)(F)F)noc2C2CC2)cc1Cl. The van der Waals surface area contributed by atoms with Crippen LogP contribution in [0.3, 0.4) is 0 Å². The number of alkyl halides is 3. The van der Waals surface area contributed by atoms with E-state index in [-0.39, 0.29) is 28.8 Å². The van der Waals surface area contributed by atoms with E-state index in [4.69, 9.17) is 20.9 Å². The molecule has 0 radical (unpaired) electrons. The van der Waals surface area contributed by atoms with Gasteiger partial charge in [0.05, 0.1) is 16.1 Å². The quantitative estimate of drug-likeness (QED) is 0.439. The normalized spacial score (nSPS) is 14.1. The number of aldehydes is 1. The molecule has 0 saturated heterocycles. The minimum Gasteiger partial charge on any atom is -0.489 e. The summed E-state index contributed by atoms with van der Waals surface area (Å²) in [4.78, 5) is 10.9. The molecule has 2 aromatic carbocycles. The largest absolute Gasteiger partial charge is 0.489 e. The van der Waals surface area contributed by atoms with Gasteiger partial charge in [0.2, 0.25) is 0 Å². The molecule has 8 heteroatoms. The first-order chi connectivity index (χ1) is 13.9. The molecule has 1 fully saturated rings. The summed E-state index contributed by atoms with van der Waals surface area (Å²) in [6, 6.07) is 9.82. The molecule has 150 valence electrons. The van der Waals surface area contributed by atoms with Gasteiger partial charge in [-0.3, -0.25) is 4.79 Å². The molecule has 1 aliphatic rings. The van der Waals surface area contributed by atoms with Gasteiger partial charge in [0.1, 0.15) is 23.8 Å². The molecule has 0 amide bonds.